The summed E-state index contributed by atoms with van der Waals surface area (Å²) in [5.74, 6) is 0.709. The van der Waals surface area contributed by atoms with Crippen LogP contribution in [0.25, 0.3) is 6.08 Å². The molecule has 0 radical (unpaired) electrons. The number of carbonyl (C=O) groups excluding carboxylic acids is 2. The number of rotatable bonds is 8. The van der Waals surface area contributed by atoms with Crippen molar-refractivity contribution in [3.05, 3.63) is 52.8 Å². The molecule has 9 heteroatoms. The second-order valence-corrected chi connectivity index (χ2v) is 7.50. The molecule has 1 aromatic carbocycles. The number of carbonyl (C=O) groups is 2. The number of hydrogen-bond acceptors (Lipinski definition) is 8. The van der Waals surface area contributed by atoms with E-state index in [1.54, 1.807) is 49.6 Å². The van der Waals surface area contributed by atoms with Crippen molar-refractivity contribution in [3.8, 4) is 11.5 Å². The summed E-state index contributed by atoms with van der Waals surface area (Å²) in [7, 11) is 1.50. The highest BCUT2D eigenvalue weighted by Crippen LogP contribution is 2.38. The molecule has 29 heavy (non-hydrogen) atoms. The van der Waals surface area contributed by atoms with E-state index in [1.165, 1.54) is 23.8 Å². The number of ether oxygens (including phenoxy) is 3. The summed E-state index contributed by atoms with van der Waals surface area (Å²) in [6.45, 7) is 1.98. The molecule has 0 spiro atoms. The quantitative estimate of drug-likeness (QED) is 0.355. The van der Waals surface area contributed by atoms with Crippen LogP contribution in [0.1, 0.15) is 18.2 Å². The molecule has 152 valence electrons. The van der Waals surface area contributed by atoms with Gasteiger partial charge in [0.25, 0.3) is 5.91 Å². The number of amides is 1. The van der Waals surface area contributed by atoms with Crippen molar-refractivity contribution in [2.75, 3.05) is 20.3 Å². The predicted molar refractivity (Wildman–Crippen MR) is 113 cm³/mol. The van der Waals surface area contributed by atoms with Crippen molar-refractivity contribution in [1.82, 2.24) is 4.90 Å². The summed E-state index contributed by atoms with van der Waals surface area (Å²) in [5.41, 5.74) is 0.590. The Balaban J connectivity index is 1.84. The summed E-state index contributed by atoms with van der Waals surface area (Å²) < 4.78 is 21.6. The number of thiocarbonyl (C=S) groups is 1. The third-order valence-corrected chi connectivity index (χ3v) is 5.30. The molecule has 1 amide bonds. The first-order valence-corrected chi connectivity index (χ1v) is 9.99. The number of benzene rings is 1. The summed E-state index contributed by atoms with van der Waals surface area (Å²) in [4.78, 5) is 26.4. The number of furan rings is 1. The zero-order valence-electron chi connectivity index (χ0n) is 15.9. The van der Waals surface area contributed by atoms with Crippen molar-refractivity contribution in [1.29, 1.82) is 0 Å². The average Bonchev–Trinajstić information content (AvgIpc) is 3.31. The fourth-order valence-corrected chi connectivity index (χ4v) is 3.88. The number of nitrogens with zero attached hydrogens (tertiary/aromatic N) is 1. The van der Waals surface area contributed by atoms with Crippen molar-refractivity contribution >= 4 is 46.3 Å². The molecule has 1 saturated heterocycles. The van der Waals surface area contributed by atoms with Crippen molar-refractivity contribution in [3.63, 3.8) is 0 Å². The molecule has 1 aliphatic rings. The molecule has 0 N–H and O–H groups in total. The Labute approximate surface area is 177 Å². The van der Waals surface area contributed by atoms with Crippen LogP contribution in [0.3, 0.4) is 0 Å². The van der Waals surface area contributed by atoms with E-state index in [4.69, 9.17) is 30.8 Å². The minimum Gasteiger partial charge on any atom is -0.493 e. The smallest absolute Gasteiger partial charge is 0.344 e. The van der Waals surface area contributed by atoms with Gasteiger partial charge in [-0.25, -0.2) is 4.79 Å². The van der Waals surface area contributed by atoms with Gasteiger partial charge in [-0.1, -0.05) is 36.1 Å². The van der Waals surface area contributed by atoms with Gasteiger partial charge in [-0.3, -0.25) is 9.69 Å². The number of hydrogen-bond donors (Lipinski definition) is 0. The third kappa shape index (κ3) is 4.99. The maximum absolute atomic E-state index is 12.8. The van der Waals surface area contributed by atoms with Crippen LogP contribution in [0.4, 0.5) is 0 Å². The van der Waals surface area contributed by atoms with Gasteiger partial charge in [0.2, 0.25) is 0 Å². The number of thioether (sulfide) groups is 1. The molecule has 2 aromatic rings. The van der Waals surface area contributed by atoms with E-state index in [-0.39, 0.29) is 25.7 Å². The molecule has 0 atom stereocenters. The fourth-order valence-electron chi connectivity index (χ4n) is 2.63. The topological polar surface area (TPSA) is 78.2 Å². The molecule has 0 saturated carbocycles. The highest BCUT2D eigenvalue weighted by Gasteiger charge is 2.33. The first-order chi connectivity index (χ1) is 14.0. The highest BCUT2D eigenvalue weighted by molar-refractivity contribution is 8.26. The van der Waals surface area contributed by atoms with Gasteiger partial charge in [-0.15, -0.1) is 0 Å². The van der Waals surface area contributed by atoms with Gasteiger partial charge in [-0.05, 0) is 31.2 Å². The van der Waals surface area contributed by atoms with Gasteiger partial charge < -0.3 is 18.6 Å². The van der Waals surface area contributed by atoms with Crippen LogP contribution in [-0.4, -0.2) is 41.4 Å². The Kier molecular flexibility index (Phi) is 6.95. The van der Waals surface area contributed by atoms with Crippen molar-refractivity contribution in [2.45, 2.75) is 13.5 Å². The minimum atomic E-state index is -0.492. The van der Waals surface area contributed by atoms with E-state index in [0.29, 0.717) is 32.0 Å². The molecule has 7 nitrogen and oxygen atoms in total. The van der Waals surface area contributed by atoms with Crippen LogP contribution in [0.5, 0.6) is 11.5 Å². The third-order valence-electron chi connectivity index (χ3n) is 3.92. The predicted octanol–water partition coefficient (Wildman–Crippen LogP) is 3.63. The number of para-hydroxylation sites is 1. The molecular weight excluding hydrogens is 414 g/mol. The molecule has 1 aliphatic heterocycles. The molecular formula is C20H19NO6S2. The van der Waals surface area contributed by atoms with Crippen LogP contribution >= 0.6 is 24.0 Å². The van der Waals surface area contributed by atoms with Gasteiger partial charge in [0.1, 0.15) is 10.1 Å². The Morgan fingerprint density at radius 1 is 1.31 bits per heavy atom. The Bertz CT molecular complexity index is 938. The van der Waals surface area contributed by atoms with Crippen LogP contribution in [0, 0.1) is 0 Å². The zero-order valence-corrected chi connectivity index (χ0v) is 17.5. The van der Waals surface area contributed by atoms with E-state index in [1.807, 2.05) is 0 Å². The van der Waals surface area contributed by atoms with Crippen molar-refractivity contribution in [2.24, 2.45) is 0 Å². The summed E-state index contributed by atoms with van der Waals surface area (Å²) in [5, 5.41) is 0. The highest BCUT2D eigenvalue weighted by atomic mass is 32.2. The Morgan fingerprint density at radius 2 is 2.14 bits per heavy atom. The second kappa shape index (κ2) is 9.62. The fraction of sp³-hybridized carbons (Fsp3) is 0.250. The lowest BCUT2D eigenvalue weighted by atomic mass is 10.1. The van der Waals surface area contributed by atoms with E-state index in [0.717, 1.165) is 0 Å². The molecule has 0 aliphatic carbocycles. The monoisotopic (exact) mass is 433 g/mol. The largest absolute Gasteiger partial charge is 0.493 e. The molecule has 1 fully saturated rings. The average molecular weight is 434 g/mol. The summed E-state index contributed by atoms with van der Waals surface area (Å²) in [6.07, 6.45) is 3.22. The maximum Gasteiger partial charge on any atom is 0.344 e. The molecule has 0 bridgehead atoms. The number of esters is 1. The zero-order chi connectivity index (χ0) is 20.8. The first kappa shape index (κ1) is 20.9. The molecule has 2 heterocycles. The number of methoxy groups -OCH3 is 1. The SMILES string of the molecule is CCOC(=O)COc1c(/C=C2/SC(=S)N(Cc3ccco3)C2=O)cccc1OC. The lowest BCUT2D eigenvalue weighted by molar-refractivity contribution is -0.145. The van der Waals surface area contributed by atoms with Crippen LogP contribution in [0.2, 0.25) is 0 Å². The lowest BCUT2D eigenvalue weighted by Crippen LogP contribution is -2.27. The van der Waals surface area contributed by atoms with Crippen molar-refractivity contribution < 1.29 is 28.2 Å². The van der Waals surface area contributed by atoms with E-state index < -0.39 is 5.97 Å². The van der Waals surface area contributed by atoms with E-state index in [2.05, 4.69) is 0 Å². The van der Waals surface area contributed by atoms with Gasteiger partial charge in [0, 0.05) is 5.56 Å². The van der Waals surface area contributed by atoms with E-state index in [9.17, 15) is 9.59 Å². The van der Waals surface area contributed by atoms with Gasteiger partial charge in [0.15, 0.2) is 18.1 Å². The standard InChI is InChI=1S/C20H19NO6S2/c1-3-25-17(22)12-27-18-13(6-4-8-15(18)24-2)10-16-19(23)21(20(28)29-16)11-14-7-5-9-26-14/h4-10H,3,11-12H2,1-2H3/b16-10+. The van der Waals surface area contributed by atoms with E-state index >= 15 is 0 Å². The maximum atomic E-state index is 12.8. The van der Waals surface area contributed by atoms with Gasteiger partial charge in [0.05, 0.1) is 31.4 Å². The van der Waals surface area contributed by atoms with Crippen LogP contribution in [-0.2, 0) is 20.9 Å². The van der Waals surface area contributed by atoms with Gasteiger partial charge >= 0.3 is 5.97 Å². The lowest BCUT2D eigenvalue weighted by Gasteiger charge is -2.13. The molecule has 3 rings (SSSR count). The summed E-state index contributed by atoms with van der Waals surface area (Å²) >= 11 is 6.54. The van der Waals surface area contributed by atoms with Crippen LogP contribution < -0.4 is 9.47 Å². The summed E-state index contributed by atoms with van der Waals surface area (Å²) in [6, 6.07) is 8.78. The Hall–Kier alpha value is -2.78. The van der Waals surface area contributed by atoms with Gasteiger partial charge in [-0.2, -0.15) is 0 Å². The molecule has 0 unspecified atom stereocenters. The minimum absolute atomic E-state index is 0.226. The first-order valence-electron chi connectivity index (χ1n) is 8.76. The normalized spacial score (nSPS) is 15.1. The second-order valence-electron chi connectivity index (χ2n) is 5.82. The van der Waals surface area contributed by atoms with Crippen LogP contribution in [0.15, 0.2) is 45.9 Å². The molecule has 1 aromatic heterocycles. The Morgan fingerprint density at radius 3 is 2.83 bits per heavy atom.